The average Bonchev–Trinajstić information content (AvgIpc) is 2.37. The van der Waals surface area contributed by atoms with Gasteiger partial charge in [0.05, 0.1) is 13.0 Å². The van der Waals surface area contributed by atoms with Crippen molar-refractivity contribution in [2.75, 3.05) is 6.61 Å². The lowest BCUT2D eigenvalue weighted by Crippen LogP contribution is -2.44. The molecule has 0 spiro atoms. The van der Waals surface area contributed by atoms with E-state index in [0.29, 0.717) is 5.75 Å². The van der Waals surface area contributed by atoms with E-state index in [1.54, 1.807) is 13.8 Å². The van der Waals surface area contributed by atoms with Crippen LogP contribution in [0.3, 0.4) is 0 Å². The highest BCUT2D eigenvalue weighted by Gasteiger charge is 2.23. The lowest BCUT2D eigenvalue weighted by Gasteiger charge is -2.17. The molecule has 0 heterocycles. The van der Waals surface area contributed by atoms with Crippen molar-refractivity contribution < 1.29 is 23.8 Å². The Morgan fingerprint density at radius 1 is 1.30 bits per heavy atom. The second-order valence-electron chi connectivity index (χ2n) is 4.68. The van der Waals surface area contributed by atoms with Gasteiger partial charge in [0.2, 0.25) is 5.91 Å². The fourth-order valence-corrected chi connectivity index (χ4v) is 1.55. The summed E-state index contributed by atoms with van der Waals surface area (Å²) in [7, 11) is 0. The van der Waals surface area contributed by atoms with Gasteiger partial charge in [-0.1, -0.05) is 13.8 Å². The van der Waals surface area contributed by atoms with Crippen LogP contribution in [0.4, 0.5) is 4.39 Å². The lowest BCUT2D eigenvalue weighted by atomic mass is 10.0. The minimum absolute atomic E-state index is 0.0356. The van der Waals surface area contributed by atoms with E-state index in [4.69, 9.17) is 9.84 Å². The monoisotopic (exact) mass is 283 g/mol. The summed E-state index contributed by atoms with van der Waals surface area (Å²) in [5.74, 6) is -1.57. The van der Waals surface area contributed by atoms with Gasteiger partial charge in [0.1, 0.15) is 17.6 Å². The standard InChI is InChI=1S/C14H18FNO4/c1-9(2)13(14(18)19)16-12(17)7-8-20-11-5-3-10(15)4-6-11/h3-6,9,13H,7-8H2,1-2H3,(H,16,17)(H,18,19)/t13-/m1/s1. The van der Waals surface area contributed by atoms with Crippen molar-refractivity contribution in [2.45, 2.75) is 26.3 Å². The second-order valence-corrected chi connectivity index (χ2v) is 4.68. The van der Waals surface area contributed by atoms with Crippen LogP contribution < -0.4 is 10.1 Å². The topological polar surface area (TPSA) is 75.6 Å². The summed E-state index contributed by atoms with van der Waals surface area (Å²) < 4.78 is 17.9. The molecular formula is C14H18FNO4. The fraction of sp³-hybridized carbons (Fsp3) is 0.429. The number of hydrogen-bond donors (Lipinski definition) is 2. The fourth-order valence-electron chi connectivity index (χ4n) is 1.55. The molecule has 0 fully saturated rings. The molecule has 110 valence electrons. The molecule has 1 amide bonds. The summed E-state index contributed by atoms with van der Waals surface area (Å²) in [6.07, 6.45) is 0.0356. The normalized spacial score (nSPS) is 12.0. The number of halogens is 1. The van der Waals surface area contributed by atoms with Gasteiger partial charge in [-0.15, -0.1) is 0 Å². The minimum atomic E-state index is -1.06. The third kappa shape index (κ3) is 5.26. The predicted molar refractivity (Wildman–Crippen MR) is 70.9 cm³/mol. The molecule has 0 aliphatic carbocycles. The maximum Gasteiger partial charge on any atom is 0.326 e. The van der Waals surface area contributed by atoms with E-state index < -0.39 is 17.9 Å². The number of ether oxygens (including phenoxy) is 1. The minimum Gasteiger partial charge on any atom is -0.493 e. The molecule has 0 saturated heterocycles. The molecule has 0 radical (unpaired) electrons. The molecule has 20 heavy (non-hydrogen) atoms. The van der Waals surface area contributed by atoms with Crippen molar-refractivity contribution in [3.63, 3.8) is 0 Å². The Labute approximate surface area is 116 Å². The van der Waals surface area contributed by atoms with Crippen LogP contribution in [0.25, 0.3) is 0 Å². The van der Waals surface area contributed by atoms with E-state index in [-0.39, 0.29) is 24.8 Å². The van der Waals surface area contributed by atoms with Crippen molar-refractivity contribution in [2.24, 2.45) is 5.92 Å². The van der Waals surface area contributed by atoms with Crippen LogP contribution in [0.2, 0.25) is 0 Å². The van der Waals surface area contributed by atoms with Crippen molar-refractivity contribution in [1.82, 2.24) is 5.32 Å². The Kier molecular flexibility index (Phi) is 5.96. The number of hydrogen-bond acceptors (Lipinski definition) is 3. The predicted octanol–water partition coefficient (Wildman–Crippen LogP) is 1.82. The van der Waals surface area contributed by atoms with Gasteiger partial charge in [-0.2, -0.15) is 0 Å². The van der Waals surface area contributed by atoms with Crippen LogP contribution in [0.5, 0.6) is 5.75 Å². The van der Waals surface area contributed by atoms with E-state index in [1.165, 1.54) is 24.3 Å². The Hall–Kier alpha value is -2.11. The highest BCUT2D eigenvalue weighted by Crippen LogP contribution is 2.11. The molecule has 5 nitrogen and oxygen atoms in total. The molecular weight excluding hydrogens is 265 g/mol. The summed E-state index contributed by atoms with van der Waals surface area (Å²) in [6, 6.07) is 4.53. The number of carboxylic acid groups (broad SMARTS) is 1. The summed E-state index contributed by atoms with van der Waals surface area (Å²) in [6.45, 7) is 3.53. The molecule has 6 heteroatoms. The Morgan fingerprint density at radius 2 is 1.90 bits per heavy atom. The van der Waals surface area contributed by atoms with Crippen LogP contribution in [0.1, 0.15) is 20.3 Å². The molecule has 1 rings (SSSR count). The van der Waals surface area contributed by atoms with Gasteiger partial charge in [-0.25, -0.2) is 9.18 Å². The SMILES string of the molecule is CC(C)[C@@H](NC(=O)CCOc1ccc(F)cc1)C(=O)O. The zero-order chi connectivity index (χ0) is 15.1. The number of aliphatic carboxylic acids is 1. The van der Waals surface area contributed by atoms with Crippen LogP contribution in [0.15, 0.2) is 24.3 Å². The van der Waals surface area contributed by atoms with Crippen LogP contribution in [-0.4, -0.2) is 29.6 Å². The zero-order valence-electron chi connectivity index (χ0n) is 11.4. The van der Waals surface area contributed by atoms with Gasteiger partial charge in [0.25, 0.3) is 0 Å². The first kappa shape index (κ1) is 15.9. The maximum absolute atomic E-state index is 12.7. The quantitative estimate of drug-likeness (QED) is 0.800. The Bertz CT molecular complexity index is 459. The van der Waals surface area contributed by atoms with Crippen molar-refractivity contribution in [3.05, 3.63) is 30.1 Å². The molecule has 1 aromatic carbocycles. The zero-order valence-corrected chi connectivity index (χ0v) is 11.4. The number of benzene rings is 1. The second kappa shape index (κ2) is 7.47. The highest BCUT2D eigenvalue weighted by molar-refractivity contribution is 5.83. The number of nitrogens with one attached hydrogen (secondary N) is 1. The van der Waals surface area contributed by atoms with E-state index >= 15 is 0 Å². The first-order valence-corrected chi connectivity index (χ1v) is 6.30. The molecule has 0 aromatic heterocycles. The highest BCUT2D eigenvalue weighted by atomic mass is 19.1. The number of rotatable bonds is 7. The van der Waals surface area contributed by atoms with Crippen molar-refractivity contribution in [3.8, 4) is 5.75 Å². The van der Waals surface area contributed by atoms with Crippen LogP contribution >= 0.6 is 0 Å². The number of carbonyl (C=O) groups is 2. The largest absolute Gasteiger partial charge is 0.493 e. The van der Waals surface area contributed by atoms with Gasteiger partial charge in [-0.3, -0.25) is 4.79 Å². The maximum atomic E-state index is 12.7. The molecule has 0 aliphatic heterocycles. The molecule has 0 bridgehead atoms. The van der Waals surface area contributed by atoms with Crippen LogP contribution in [0, 0.1) is 11.7 Å². The first-order chi connectivity index (χ1) is 9.40. The van der Waals surface area contributed by atoms with Gasteiger partial charge < -0.3 is 15.2 Å². The molecule has 1 atom stereocenters. The molecule has 1 aromatic rings. The Balaban J connectivity index is 2.36. The van der Waals surface area contributed by atoms with Gasteiger partial charge in [0, 0.05) is 0 Å². The summed E-state index contributed by atoms with van der Waals surface area (Å²) in [5, 5.41) is 11.4. The van der Waals surface area contributed by atoms with Gasteiger partial charge >= 0.3 is 5.97 Å². The number of carbonyl (C=O) groups excluding carboxylic acids is 1. The van der Waals surface area contributed by atoms with Crippen molar-refractivity contribution in [1.29, 1.82) is 0 Å². The Morgan fingerprint density at radius 3 is 2.40 bits per heavy atom. The molecule has 0 saturated carbocycles. The first-order valence-electron chi connectivity index (χ1n) is 6.30. The van der Waals surface area contributed by atoms with E-state index in [2.05, 4.69) is 5.32 Å². The van der Waals surface area contributed by atoms with Gasteiger partial charge in [0.15, 0.2) is 0 Å². The van der Waals surface area contributed by atoms with Crippen LogP contribution in [-0.2, 0) is 9.59 Å². The van der Waals surface area contributed by atoms with E-state index in [0.717, 1.165) is 0 Å². The third-order valence-corrected chi connectivity index (χ3v) is 2.66. The van der Waals surface area contributed by atoms with Gasteiger partial charge in [-0.05, 0) is 30.2 Å². The molecule has 0 aliphatic rings. The number of carboxylic acids is 1. The molecule has 0 unspecified atom stereocenters. The molecule has 2 N–H and O–H groups in total. The van der Waals surface area contributed by atoms with Crippen molar-refractivity contribution >= 4 is 11.9 Å². The summed E-state index contributed by atoms with van der Waals surface area (Å²) in [5.41, 5.74) is 0. The number of amides is 1. The van der Waals surface area contributed by atoms with E-state index in [1.807, 2.05) is 0 Å². The lowest BCUT2D eigenvalue weighted by molar-refractivity contribution is -0.143. The average molecular weight is 283 g/mol. The van der Waals surface area contributed by atoms with E-state index in [9.17, 15) is 14.0 Å². The third-order valence-electron chi connectivity index (χ3n) is 2.66. The summed E-state index contributed by atoms with van der Waals surface area (Å²) in [4.78, 5) is 22.5. The smallest absolute Gasteiger partial charge is 0.326 e. The summed E-state index contributed by atoms with van der Waals surface area (Å²) >= 11 is 0.